The normalized spacial score (nSPS) is 10.9. The number of H-pyrrole nitrogens is 1. The summed E-state index contributed by atoms with van der Waals surface area (Å²) in [6.07, 6.45) is 2.93. The van der Waals surface area contributed by atoms with Gasteiger partial charge in [-0.2, -0.15) is 0 Å². The van der Waals surface area contributed by atoms with Gasteiger partial charge in [0.1, 0.15) is 22.7 Å². The number of fused-ring (bicyclic) bond motifs is 1. The number of nitrogens with one attached hydrogen (secondary N) is 1. The first-order valence-corrected chi connectivity index (χ1v) is 5.92. The van der Waals surface area contributed by atoms with E-state index in [1.165, 1.54) is 30.5 Å². The summed E-state index contributed by atoms with van der Waals surface area (Å²) in [5.74, 6) is -0.369. The van der Waals surface area contributed by atoms with Crippen LogP contribution in [0, 0.1) is 5.82 Å². The van der Waals surface area contributed by atoms with Gasteiger partial charge in [-0.3, -0.25) is 0 Å². The molecule has 90 valence electrons. The Balaban J connectivity index is 2.03. The van der Waals surface area contributed by atoms with E-state index in [0.29, 0.717) is 26.8 Å². The SMILES string of the molecule is Nc1ccc(Sc2ncnc3nc[nH]c23)c(F)c1. The fraction of sp³-hybridized carbons (Fsp3) is 0. The number of hydrogen-bond donors (Lipinski definition) is 2. The number of aromatic amines is 1. The number of nitrogens with zero attached hydrogens (tertiary/aromatic N) is 3. The third kappa shape index (κ3) is 1.88. The topological polar surface area (TPSA) is 80.5 Å². The molecule has 3 N–H and O–H groups in total. The van der Waals surface area contributed by atoms with Gasteiger partial charge in [-0.1, -0.05) is 11.8 Å². The summed E-state index contributed by atoms with van der Waals surface area (Å²) in [7, 11) is 0. The van der Waals surface area contributed by atoms with Gasteiger partial charge in [0.2, 0.25) is 0 Å². The van der Waals surface area contributed by atoms with Crippen LogP contribution in [0.15, 0.2) is 40.8 Å². The van der Waals surface area contributed by atoms with Crippen molar-refractivity contribution in [1.29, 1.82) is 0 Å². The monoisotopic (exact) mass is 261 g/mol. The molecule has 5 nitrogen and oxygen atoms in total. The molecule has 0 spiro atoms. The van der Waals surface area contributed by atoms with Crippen LogP contribution in [-0.4, -0.2) is 19.9 Å². The number of halogens is 1. The molecule has 0 fully saturated rings. The number of benzene rings is 1. The van der Waals surface area contributed by atoms with Gasteiger partial charge in [0.25, 0.3) is 0 Å². The molecule has 0 bridgehead atoms. The zero-order valence-corrected chi connectivity index (χ0v) is 9.91. The molecule has 18 heavy (non-hydrogen) atoms. The summed E-state index contributed by atoms with van der Waals surface area (Å²) in [5.41, 5.74) is 7.15. The maximum Gasteiger partial charge on any atom is 0.181 e. The highest BCUT2D eigenvalue weighted by Crippen LogP contribution is 2.32. The summed E-state index contributed by atoms with van der Waals surface area (Å²) < 4.78 is 13.7. The Morgan fingerprint density at radius 3 is 2.94 bits per heavy atom. The number of anilines is 1. The van der Waals surface area contributed by atoms with Gasteiger partial charge in [-0.05, 0) is 18.2 Å². The zero-order chi connectivity index (χ0) is 12.5. The first-order valence-electron chi connectivity index (χ1n) is 5.11. The molecule has 0 radical (unpaired) electrons. The molecule has 7 heteroatoms. The van der Waals surface area contributed by atoms with E-state index < -0.39 is 0 Å². The van der Waals surface area contributed by atoms with E-state index in [9.17, 15) is 4.39 Å². The van der Waals surface area contributed by atoms with Crippen molar-refractivity contribution in [3.63, 3.8) is 0 Å². The molecule has 0 amide bonds. The number of imidazole rings is 1. The minimum absolute atomic E-state index is 0.369. The fourth-order valence-electron chi connectivity index (χ4n) is 1.52. The largest absolute Gasteiger partial charge is 0.399 e. The van der Waals surface area contributed by atoms with Crippen LogP contribution in [0.4, 0.5) is 10.1 Å². The Hall–Kier alpha value is -2.15. The Morgan fingerprint density at radius 2 is 2.11 bits per heavy atom. The van der Waals surface area contributed by atoms with E-state index in [1.807, 2.05) is 0 Å². The van der Waals surface area contributed by atoms with E-state index in [-0.39, 0.29) is 5.82 Å². The molecular formula is C11H8FN5S. The lowest BCUT2D eigenvalue weighted by Crippen LogP contribution is -1.90. The van der Waals surface area contributed by atoms with E-state index in [1.54, 1.807) is 12.1 Å². The van der Waals surface area contributed by atoms with Crippen molar-refractivity contribution in [3.8, 4) is 0 Å². The van der Waals surface area contributed by atoms with Crippen molar-refractivity contribution in [1.82, 2.24) is 19.9 Å². The van der Waals surface area contributed by atoms with Crippen LogP contribution in [0.1, 0.15) is 0 Å². The maximum atomic E-state index is 13.7. The van der Waals surface area contributed by atoms with Crippen molar-refractivity contribution in [3.05, 3.63) is 36.7 Å². The lowest BCUT2D eigenvalue weighted by atomic mass is 10.3. The molecule has 2 aromatic heterocycles. The molecule has 0 atom stereocenters. The fourth-order valence-corrected chi connectivity index (χ4v) is 2.38. The summed E-state index contributed by atoms with van der Waals surface area (Å²) >= 11 is 1.20. The van der Waals surface area contributed by atoms with Gasteiger partial charge in [-0.25, -0.2) is 19.3 Å². The average molecular weight is 261 g/mol. The molecular weight excluding hydrogens is 253 g/mol. The Bertz CT molecular complexity index is 711. The zero-order valence-electron chi connectivity index (χ0n) is 9.09. The van der Waals surface area contributed by atoms with E-state index in [4.69, 9.17) is 5.73 Å². The third-order valence-electron chi connectivity index (χ3n) is 2.35. The summed E-state index contributed by atoms with van der Waals surface area (Å²) in [4.78, 5) is 15.5. The van der Waals surface area contributed by atoms with Crippen LogP contribution in [-0.2, 0) is 0 Å². The van der Waals surface area contributed by atoms with Crippen LogP contribution in [0.3, 0.4) is 0 Å². The van der Waals surface area contributed by atoms with Crippen molar-refractivity contribution >= 4 is 28.6 Å². The van der Waals surface area contributed by atoms with E-state index in [0.717, 1.165) is 0 Å². The Kier molecular flexibility index (Phi) is 2.60. The molecule has 0 aliphatic rings. The minimum Gasteiger partial charge on any atom is -0.399 e. The molecule has 0 aliphatic heterocycles. The van der Waals surface area contributed by atoms with Crippen LogP contribution in [0.5, 0.6) is 0 Å². The smallest absolute Gasteiger partial charge is 0.181 e. The number of nitrogen functional groups attached to an aromatic ring is 1. The van der Waals surface area contributed by atoms with Crippen molar-refractivity contribution in [2.45, 2.75) is 9.92 Å². The molecule has 3 aromatic rings. The lowest BCUT2D eigenvalue weighted by molar-refractivity contribution is 0.602. The first kappa shape index (κ1) is 11.0. The number of hydrogen-bond acceptors (Lipinski definition) is 5. The predicted octanol–water partition coefficient (Wildman–Crippen LogP) is 2.23. The molecule has 0 saturated carbocycles. The maximum absolute atomic E-state index is 13.7. The molecule has 0 saturated heterocycles. The van der Waals surface area contributed by atoms with Gasteiger partial charge >= 0.3 is 0 Å². The van der Waals surface area contributed by atoms with Gasteiger partial charge in [0, 0.05) is 10.6 Å². The van der Waals surface area contributed by atoms with E-state index in [2.05, 4.69) is 19.9 Å². The van der Waals surface area contributed by atoms with Crippen LogP contribution < -0.4 is 5.73 Å². The standard InChI is InChI=1S/C11H8FN5S/c12-7-3-6(13)1-2-8(7)18-11-9-10(15-4-14-9)16-5-17-11/h1-5H,13H2,(H,14,15,16,17). The highest BCUT2D eigenvalue weighted by atomic mass is 32.2. The molecule has 1 aromatic carbocycles. The summed E-state index contributed by atoms with van der Waals surface area (Å²) in [6, 6.07) is 4.56. The second kappa shape index (κ2) is 4.26. The molecule has 3 rings (SSSR count). The second-order valence-electron chi connectivity index (χ2n) is 3.57. The number of aromatic nitrogens is 4. The van der Waals surface area contributed by atoms with Crippen molar-refractivity contribution in [2.75, 3.05) is 5.73 Å². The van der Waals surface area contributed by atoms with Gasteiger partial charge in [0.15, 0.2) is 5.65 Å². The molecule has 0 unspecified atom stereocenters. The van der Waals surface area contributed by atoms with Gasteiger partial charge < -0.3 is 10.7 Å². The lowest BCUT2D eigenvalue weighted by Gasteiger charge is -2.03. The predicted molar refractivity (Wildman–Crippen MR) is 66.6 cm³/mol. The highest BCUT2D eigenvalue weighted by molar-refractivity contribution is 7.99. The quantitative estimate of drug-likeness (QED) is 0.546. The van der Waals surface area contributed by atoms with Crippen LogP contribution >= 0.6 is 11.8 Å². The Morgan fingerprint density at radius 1 is 1.22 bits per heavy atom. The third-order valence-corrected chi connectivity index (χ3v) is 3.40. The second-order valence-corrected chi connectivity index (χ2v) is 4.60. The summed E-state index contributed by atoms with van der Waals surface area (Å²) in [6.45, 7) is 0. The van der Waals surface area contributed by atoms with Gasteiger partial charge in [0.05, 0.1) is 6.33 Å². The van der Waals surface area contributed by atoms with Crippen LogP contribution in [0.25, 0.3) is 11.2 Å². The number of nitrogens with two attached hydrogens (primary N) is 1. The minimum atomic E-state index is -0.369. The van der Waals surface area contributed by atoms with E-state index >= 15 is 0 Å². The number of rotatable bonds is 2. The first-order chi connectivity index (χ1) is 8.74. The van der Waals surface area contributed by atoms with Crippen molar-refractivity contribution < 1.29 is 4.39 Å². The van der Waals surface area contributed by atoms with Crippen molar-refractivity contribution in [2.24, 2.45) is 0 Å². The highest BCUT2D eigenvalue weighted by Gasteiger charge is 2.10. The van der Waals surface area contributed by atoms with Gasteiger partial charge in [-0.15, -0.1) is 0 Å². The Labute approximate surface area is 106 Å². The van der Waals surface area contributed by atoms with Crippen LogP contribution in [0.2, 0.25) is 0 Å². The average Bonchev–Trinajstić information content (AvgIpc) is 2.82. The molecule has 2 heterocycles. The summed E-state index contributed by atoms with van der Waals surface area (Å²) in [5, 5.41) is 0.626. The molecule has 0 aliphatic carbocycles.